The highest BCUT2D eigenvalue weighted by Crippen LogP contribution is 2.41. The van der Waals surface area contributed by atoms with Gasteiger partial charge in [-0.25, -0.2) is 0 Å². The van der Waals surface area contributed by atoms with Gasteiger partial charge in [-0.1, -0.05) is 66.7 Å². The molecule has 190 valence electrons. The van der Waals surface area contributed by atoms with E-state index in [-0.39, 0.29) is 18.3 Å². The van der Waals surface area contributed by atoms with E-state index in [1.165, 1.54) is 34.8 Å². The Bertz CT molecular complexity index is 1280. The minimum atomic E-state index is -0.504. The maximum Gasteiger partial charge on any atom is 0.234 e. The first kappa shape index (κ1) is 28.0. The molecule has 36 heavy (non-hydrogen) atoms. The quantitative estimate of drug-likeness (QED) is 0.280. The number of rotatable bonds is 7. The number of aromatic nitrogens is 4. The summed E-state index contributed by atoms with van der Waals surface area (Å²) >= 11 is 14.0. The number of hydrogen-bond donors (Lipinski definition) is 2. The molecule has 1 aliphatic carbocycles. The molecule has 1 aliphatic rings. The first-order valence-corrected chi connectivity index (χ1v) is 13.4. The van der Waals surface area contributed by atoms with Gasteiger partial charge < -0.3 is 10.4 Å². The molecule has 0 atom stereocenters. The summed E-state index contributed by atoms with van der Waals surface area (Å²) in [5.41, 5.74) is 2.57. The van der Waals surface area contributed by atoms with Gasteiger partial charge in [-0.3, -0.25) is 4.79 Å². The Labute approximate surface area is 226 Å². The van der Waals surface area contributed by atoms with Crippen LogP contribution in [0.15, 0.2) is 41.6 Å². The van der Waals surface area contributed by atoms with Crippen molar-refractivity contribution in [2.24, 2.45) is 5.41 Å². The number of carbonyl (C=O) groups is 1. The summed E-state index contributed by atoms with van der Waals surface area (Å²) < 4.78 is 1.53. The van der Waals surface area contributed by atoms with E-state index < -0.39 is 5.41 Å². The molecule has 4 rings (SSSR count). The Hall–Kier alpha value is -2.57. The van der Waals surface area contributed by atoms with E-state index in [1.54, 1.807) is 18.2 Å². The zero-order chi connectivity index (χ0) is 26.3. The van der Waals surface area contributed by atoms with Crippen LogP contribution in [0.2, 0.25) is 10.0 Å². The van der Waals surface area contributed by atoms with Crippen molar-refractivity contribution in [3.8, 4) is 17.5 Å². The van der Waals surface area contributed by atoms with Crippen molar-refractivity contribution in [2.75, 3.05) is 17.7 Å². The van der Waals surface area contributed by atoms with Gasteiger partial charge in [0.05, 0.1) is 33.8 Å². The molecule has 1 heterocycles. The van der Waals surface area contributed by atoms with Gasteiger partial charge in [-0.05, 0) is 78.9 Å². The molecular weight excluding hydrogens is 517 g/mol. The van der Waals surface area contributed by atoms with E-state index >= 15 is 0 Å². The van der Waals surface area contributed by atoms with Crippen LogP contribution in [-0.2, 0) is 4.79 Å². The van der Waals surface area contributed by atoms with Crippen LogP contribution in [0.5, 0.6) is 0 Å². The lowest BCUT2D eigenvalue weighted by Gasteiger charge is -2.12. The first-order valence-electron chi connectivity index (χ1n) is 11.7. The zero-order valence-corrected chi connectivity index (χ0v) is 23.0. The molecule has 1 amide bonds. The van der Waals surface area contributed by atoms with Crippen LogP contribution in [0.1, 0.15) is 57.6 Å². The lowest BCUT2D eigenvalue weighted by molar-refractivity contribution is -0.113. The van der Waals surface area contributed by atoms with Crippen molar-refractivity contribution in [1.29, 1.82) is 0 Å². The number of aliphatic hydroxyl groups excluding tert-OH is 1. The number of nitrogens with one attached hydrogen (secondary N) is 1. The Morgan fingerprint density at radius 1 is 1.19 bits per heavy atom. The molecule has 1 aromatic heterocycles. The Balaban J connectivity index is 0.00000176. The number of nitrogens with zero attached hydrogens (tertiary/aromatic N) is 4. The molecule has 0 unspecified atom stereocenters. The van der Waals surface area contributed by atoms with Crippen molar-refractivity contribution in [1.82, 2.24) is 20.2 Å². The lowest BCUT2D eigenvalue weighted by atomic mass is 9.95. The minimum absolute atomic E-state index is 0.0409. The summed E-state index contributed by atoms with van der Waals surface area (Å²) in [5, 5.41) is 25.3. The molecule has 1 fully saturated rings. The van der Waals surface area contributed by atoms with Crippen LogP contribution in [0.4, 0.5) is 5.69 Å². The number of hydrogen-bond acceptors (Lipinski definition) is 6. The first-order chi connectivity index (χ1) is 17.3. The predicted octanol–water partition coefficient (Wildman–Crippen LogP) is 5.97. The molecular formula is C26H29Cl2N5O2S. The van der Waals surface area contributed by atoms with Gasteiger partial charge >= 0.3 is 0 Å². The lowest BCUT2D eigenvalue weighted by Crippen LogP contribution is -2.15. The van der Waals surface area contributed by atoms with E-state index in [1.807, 2.05) is 45.9 Å². The molecule has 10 heteroatoms. The standard InChI is InChI=1S/C24H23Cl2N5O2S.C2H6/c1-24(2,14-32)10-9-15-3-7-20(18(25)11-15)27-22(33)13-34-23-28-29-30-31(23)21-8-6-17(12-19(21)26)16-4-5-16;1-2/h3,6-8,11-12,16,32H,4-5,13-14H2,1-2H3,(H,27,33);1-2H3. The fourth-order valence-electron chi connectivity index (χ4n) is 3.08. The maximum absolute atomic E-state index is 12.5. The average Bonchev–Trinajstić information content (AvgIpc) is 3.62. The number of thioether (sulfide) groups is 1. The van der Waals surface area contributed by atoms with Gasteiger partial charge in [-0.15, -0.1) is 5.10 Å². The highest BCUT2D eigenvalue weighted by molar-refractivity contribution is 7.99. The predicted molar refractivity (Wildman–Crippen MR) is 146 cm³/mol. The third kappa shape index (κ3) is 7.47. The van der Waals surface area contributed by atoms with E-state index in [9.17, 15) is 9.90 Å². The number of tetrazole rings is 1. The average molecular weight is 547 g/mol. The topological polar surface area (TPSA) is 92.9 Å². The highest BCUT2D eigenvalue weighted by Gasteiger charge is 2.24. The summed E-state index contributed by atoms with van der Waals surface area (Å²) in [6.45, 7) is 7.66. The SMILES string of the molecule is CC.CC(C)(C#Cc1ccc(NC(=O)CSc2nnnn2-c2ccc(C3CC3)cc2Cl)c(Cl)c1)CO. The fourth-order valence-corrected chi connectivity index (χ4v) is 4.26. The minimum Gasteiger partial charge on any atom is -0.395 e. The van der Waals surface area contributed by atoms with Crippen LogP contribution >= 0.6 is 35.0 Å². The van der Waals surface area contributed by atoms with Gasteiger partial charge in [0.2, 0.25) is 11.1 Å². The molecule has 0 saturated heterocycles. The molecule has 2 aromatic carbocycles. The van der Waals surface area contributed by atoms with E-state index in [4.69, 9.17) is 23.2 Å². The third-order valence-electron chi connectivity index (χ3n) is 5.21. The summed E-state index contributed by atoms with van der Waals surface area (Å²) in [6.07, 6.45) is 2.39. The van der Waals surface area contributed by atoms with Crippen LogP contribution < -0.4 is 5.32 Å². The van der Waals surface area contributed by atoms with Crippen LogP contribution in [0, 0.1) is 17.3 Å². The van der Waals surface area contributed by atoms with E-state index in [0.29, 0.717) is 38.1 Å². The second kappa shape index (κ2) is 12.6. The maximum atomic E-state index is 12.5. The number of halogens is 2. The summed E-state index contributed by atoms with van der Waals surface area (Å²) in [7, 11) is 0. The monoisotopic (exact) mass is 545 g/mol. The number of amides is 1. The van der Waals surface area contributed by atoms with Crippen molar-refractivity contribution in [3.63, 3.8) is 0 Å². The number of carbonyl (C=O) groups excluding carboxylic acids is 1. The van der Waals surface area contributed by atoms with Crippen LogP contribution in [-0.4, -0.2) is 43.6 Å². The Morgan fingerprint density at radius 2 is 1.94 bits per heavy atom. The van der Waals surface area contributed by atoms with Crippen molar-refractivity contribution < 1.29 is 9.90 Å². The molecule has 1 saturated carbocycles. The third-order valence-corrected chi connectivity index (χ3v) is 6.74. The van der Waals surface area contributed by atoms with Gasteiger partial charge in [0.1, 0.15) is 0 Å². The van der Waals surface area contributed by atoms with Gasteiger partial charge in [0.15, 0.2) is 0 Å². The van der Waals surface area contributed by atoms with E-state index in [0.717, 1.165) is 0 Å². The molecule has 0 aliphatic heterocycles. The molecule has 0 radical (unpaired) electrons. The molecule has 2 N–H and O–H groups in total. The number of anilines is 1. The smallest absolute Gasteiger partial charge is 0.234 e. The molecule has 7 nitrogen and oxygen atoms in total. The zero-order valence-electron chi connectivity index (χ0n) is 20.7. The van der Waals surface area contributed by atoms with Crippen molar-refractivity contribution >= 4 is 46.6 Å². The van der Waals surface area contributed by atoms with Crippen LogP contribution in [0.3, 0.4) is 0 Å². The van der Waals surface area contributed by atoms with E-state index in [2.05, 4.69) is 32.7 Å². The number of benzene rings is 2. The normalized spacial score (nSPS) is 12.8. The molecule has 3 aromatic rings. The summed E-state index contributed by atoms with van der Waals surface area (Å²) in [5.74, 6) is 6.42. The number of aliphatic hydroxyl groups is 1. The molecule has 0 spiro atoms. The Kier molecular flexibility index (Phi) is 9.80. The largest absolute Gasteiger partial charge is 0.395 e. The van der Waals surface area contributed by atoms with Crippen molar-refractivity contribution in [3.05, 3.63) is 57.6 Å². The molecule has 0 bridgehead atoms. The summed E-state index contributed by atoms with van der Waals surface area (Å²) in [4.78, 5) is 12.5. The second-order valence-electron chi connectivity index (χ2n) is 8.68. The van der Waals surface area contributed by atoms with Gasteiger partial charge in [-0.2, -0.15) is 4.68 Å². The summed E-state index contributed by atoms with van der Waals surface area (Å²) in [6, 6.07) is 11.1. The fraction of sp³-hybridized carbons (Fsp3) is 0.385. The highest BCUT2D eigenvalue weighted by atomic mass is 35.5. The Morgan fingerprint density at radius 3 is 2.58 bits per heavy atom. The van der Waals surface area contributed by atoms with Gasteiger partial charge in [0.25, 0.3) is 0 Å². The second-order valence-corrected chi connectivity index (χ2v) is 10.4. The van der Waals surface area contributed by atoms with Crippen molar-refractivity contribution in [2.45, 2.75) is 51.6 Å². The van der Waals surface area contributed by atoms with Crippen LogP contribution in [0.25, 0.3) is 5.69 Å². The van der Waals surface area contributed by atoms with Gasteiger partial charge in [0, 0.05) is 11.0 Å².